The Morgan fingerprint density at radius 2 is 1.94 bits per heavy atom. The number of ether oxygens (including phenoxy) is 2. The second-order valence-electron chi connectivity index (χ2n) is 4.38. The zero-order chi connectivity index (χ0) is 12.2. The largest absolute Gasteiger partial charge is 0.382 e. The van der Waals surface area contributed by atoms with Crippen LogP contribution in [0, 0.1) is 0 Å². The third kappa shape index (κ3) is 9.13. The van der Waals surface area contributed by atoms with Gasteiger partial charge in [0.15, 0.2) is 0 Å². The topological polar surface area (TPSA) is 30.5 Å². The molecule has 98 valence electrons. The van der Waals surface area contributed by atoms with Crippen molar-refractivity contribution in [2.45, 2.75) is 58.5 Å². The molecule has 0 saturated carbocycles. The molecule has 0 heterocycles. The lowest BCUT2D eigenvalue weighted by Gasteiger charge is -2.22. The Morgan fingerprint density at radius 1 is 1.19 bits per heavy atom. The van der Waals surface area contributed by atoms with Gasteiger partial charge in [0.2, 0.25) is 0 Å². The third-order valence-corrected chi connectivity index (χ3v) is 2.72. The van der Waals surface area contributed by atoms with E-state index in [1.54, 1.807) is 7.11 Å². The summed E-state index contributed by atoms with van der Waals surface area (Å²) < 4.78 is 10.4. The fourth-order valence-electron chi connectivity index (χ4n) is 1.71. The number of nitrogens with one attached hydrogen (secondary N) is 1. The molecular formula is C13H29NO2. The van der Waals surface area contributed by atoms with E-state index >= 15 is 0 Å². The first-order valence-corrected chi connectivity index (χ1v) is 6.57. The van der Waals surface area contributed by atoms with Gasteiger partial charge in [-0.3, -0.25) is 0 Å². The van der Waals surface area contributed by atoms with Crippen molar-refractivity contribution in [1.29, 1.82) is 0 Å². The van der Waals surface area contributed by atoms with Crippen molar-refractivity contribution in [3.05, 3.63) is 0 Å². The van der Waals surface area contributed by atoms with Crippen molar-refractivity contribution in [2.24, 2.45) is 0 Å². The zero-order valence-corrected chi connectivity index (χ0v) is 11.4. The quantitative estimate of drug-likeness (QED) is 0.554. The van der Waals surface area contributed by atoms with Gasteiger partial charge in [-0.05, 0) is 19.8 Å². The van der Waals surface area contributed by atoms with Gasteiger partial charge in [-0.25, -0.2) is 0 Å². The lowest BCUT2D eigenvalue weighted by atomic mass is 10.1. The summed E-state index contributed by atoms with van der Waals surface area (Å²) >= 11 is 0. The van der Waals surface area contributed by atoms with E-state index < -0.39 is 0 Å². The van der Waals surface area contributed by atoms with Crippen molar-refractivity contribution >= 4 is 0 Å². The van der Waals surface area contributed by atoms with E-state index in [1.165, 1.54) is 25.7 Å². The molecule has 0 bridgehead atoms. The lowest BCUT2D eigenvalue weighted by molar-refractivity contribution is 0.0591. The summed E-state index contributed by atoms with van der Waals surface area (Å²) in [6.07, 6.45) is 5.05. The van der Waals surface area contributed by atoms with Gasteiger partial charge in [0.05, 0.1) is 19.8 Å². The Kier molecular flexibility index (Phi) is 11.3. The Bertz CT molecular complexity index is 142. The van der Waals surface area contributed by atoms with Crippen LogP contribution in [0.15, 0.2) is 0 Å². The van der Waals surface area contributed by atoms with Crippen LogP contribution in [0.4, 0.5) is 0 Å². The van der Waals surface area contributed by atoms with Crippen LogP contribution in [0.2, 0.25) is 0 Å². The highest BCUT2D eigenvalue weighted by atomic mass is 16.5. The van der Waals surface area contributed by atoms with Gasteiger partial charge in [0.25, 0.3) is 0 Å². The van der Waals surface area contributed by atoms with E-state index in [4.69, 9.17) is 9.47 Å². The molecular weight excluding hydrogens is 202 g/mol. The maximum Gasteiger partial charge on any atom is 0.0701 e. The molecule has 0 aromatic heterocycles. The molecule has 3 nitrogen and oxygen atoms in total. The highest BCUT2D eigenvalue weighted by Gasteiger charge is 2.09. The maximum atomic E-state index is 5.50. The minimum Gasteiger partial charge on any atom is -0.382 e. The highest BCUT2D eigenvalue weighted by molar-refractivity contribution is 4.69. The van der Waals surface area contributed by atoms with Gasteiger partial charge < -0.3 is 14.8 Å². The summed E-state index contributed by atoms with van der Waals surface area (Å²) in [6, 6.07) is 1.07. The summed E-state index contributed by atoms with van der Waals surface area (Å²) in [5.41, 5.74) is 0. The SMILES string of the molecule is CCCCC(CC)NC(C)COCCOC. The standard InChI is InChI=1S/C13H29NO2/c1-5-7-8-13(6-2)14-12(3)11-16-10-9-15-4/h12-14H,5-11H2,1-4H3. The smallest absolute Gasteiger partial charge is 0.0701 e. The van der Waals surface area contributed by atoms with Crippen molar-refractivity contribution in [2.75, 3.05) is 26.9 Å². The van der Waals surface area contributed by atoms with Gasteiger partial charge in [-0.1, -0.05) is 26.7 Å². The van der Waals surface area contributed by atoms with Crippen LogP contribution in [0.1, 0.15) is 46.5 Å². The normalized spacial score (nSPS) is 15.0. The molecule has 0 aromatic rings. The first-order chi connectivity index (χ1) is 7.74. The predicted molar refractivity (Wildman–Crippen MR) is 68.9 cm³/mol. The average molecular weight is 231 g/mol. The molecule has 0 fully saturated rings. The van der Waals surface area contributed by atoms with Crippen molar-refractivity contribution in [1.82, 2.24) is 5.32 Å². The van der Waals surface area contributed by atoms with Gasteiger partial charge in [0, 0.05) is 19.2 Å². The van der Waals surface area contributed by atoms with Crippen LogP contribution in [0.3, 0.4) is 0 Å². The van der Waals surface area contributed by atoms with E-state index in [1.807, 2.05) is 0 Å². The summed E-state index contributed by atoms with van der Waals surface area (Å²) in [4.78, 5) is 0. The average Bonchev–Trinajstić information content (AvgIpc) is 2.30. The summed E-state index contributed by atoms with van der Waals surface area (Å²) in [5.74, 6) is 0. The molecule has 1 N–H and O–H groups in total. The molecule has 0 aliphatic heterocycles. The Hall–Kier alpha value is -0.120. The second-order valence-corrected chi connectivity index (χ2v) is 4.38. The Morgan fingerprint density at radius 3 is 2.50 bits per heavy atom. The second kappa shape index (κ2) is 11.4. The van der Waals surface area contributed by atoms with E-state index in [0.29, 0.717) is 25.3 Å². The summed E-state index contributed by atoms with van der Waals surface area (Å²) in [5, 5.41) is 3.61. The van der Waals surface area contributed by atoms with Crippen LogP contribution < -0.4 is 5.32 Å². The molecule has 0 rings (SSSR count). The number of hydrogen-bond acceptors (Lipinski definition) is 3. The summed E-state index contributed by atoms with van der Waals surface area (Å²) in [6.45, 7) is 8.80. The number of hydrogen-bond donors (Lipinski definition) is 1. The van der Waals surface area contributed by atoms with Gasteiger partial charge >= 0.3 is 0 Å². The third-order valence-electron chi connectivity index (χ3n) is 2.72. The molecule has 0 amide bonds. The van der Waals surface area contributed by atoms with Crippen LogP contribution in [-0.4, -0.2) is 39.0 Å². The molecule has 2 atom stereocenters. The number of methoxy groups -OCH3 is 1. The van der Waals surface area contributed by atoms with E-state index in [-0.39, 0.29) is 0 Å². The molecule has 2 unspecified atom stereocenters. The van der Waals surface area contributed by atoms with E-state index in [0.717, 1.165) is 6.61 Å². The van der Waals surface area contributed by atoms with Crippen molar-refractivity contribution in [3.63, 3.8) is 0 Å². The van der Waals surface area contributed by atoms with Crippen molar-refractivity contribution < 1.29 is 9.47 Å². The molecule has 0 saturated heterocycles. The fourth-order valence-corrected chi connectivity index (χ4v) is 1.71. The molecule has 0 radical (unpaired) electrons. The monoisotopic (exact) mass is 231 g/mol. The Labute approximate surface area is 101 Å². The molecule has 3 heteroatoms. The molecule has 0 aliphatic rings. The van der Waals surface area contributed by atoms with Gasteiger partial charge in [-0.15, -0.1) is 0 Å². The molecule has 0 spiro atoms. The fraction of sp³-hybridized carbons (Fsp3) is 1.00. The lowest BCUT2D eigenvalue weighted by Crippen LogP contribution is -2.39. The van der Waals surface area contributed by atoms with Gasteiger partial charge in [0.1, 0.15) is 0 Å². The van der Waals surface area contributed by atoms with Crippen LogP contribution >= 0.6 is 0 Å². The van der Waals surface area contributed by atoms with Crippen LogP contribution in [-0.2, 0) is 9.47 Å². The van der Waals surface area contributed by atoms with E-state index in [2.05, 4.69) is 26.1 Å². The first kappa shape index (κ1) is 15.9. The molecule has 0 aromatic carbocycles. The van der Waals surface area contributed by atoms with E-state index in [9.17, 15) is 0 Å². The minimum absolute atomic E-state index is 0.429. The van der Waals surface area contributed by atoms with Crippen molar-refractivity contribution in [3.8, 4) is 0 Å². The van der Waals surface area contributed by atoms with Gasteiger partial charge in [-0.2, -0.15) is 0 Å². The maximum absolute atomic E-state index is 5.50. The summed E-state index contributed by atoms with van der Waals surface area (Å²) in [7, 11) is 1.70. The molecule has 16 heavy (non-hydrogen) atoms. The zero-order valence-electron chi connectivity index (χ0n) is 11.4. The number of unbranched alkanes of at least 4 members (excludes halogenated alkanes) is 1. The number of rotatable bonds is 11. The minimum atomic E-state index is 0.429. The first-order valence-electron chi connectivity index (χ1n) is 6.57. The predicted octanol–water partition coefficient (Wildman–Crippen LogP) is 2.60. The van der Waals surface area contributed by atoms with Crippen LogP contribution in [0.5, 0.6) is 0 Å². The van der Waals surface area contributed by atoms with Crippen LogP contribution in [0.25, 0.3) is 0 Å². The Balaban J connectivity index is 3.53. The molecule has 0 aliphatic carbocycles. The highest BCUT2D eigenvalue weighted by Crippen LogP contribution is 2.05.